The smallest absolute Gasteiger partial charge is 0.224 e. The highest BCUT2D eigenvalue weighted by Gasteiger charge is 2.24. The maximum absolute atomic E-state index is 13.6. The Morgan fingerprint density at radius 3 is 2.72 bits per heavy atom. The first-order valence-electron chi connectivity index (χ1n) is 12.8. The Bertz CT molecular complexity index is 1370. The molecule has 5 rings (SSSR count). The van der Waals surface area contributed by atoms with Gasteiger partial charge in [-0.15, -0.1) is 0 Å². The van der Waals surface area contributed by atoms with Crippen LogP contribution in [0.2, 0.25) is 0 Å². The summed E-state index contributed by atoms with van der Waals surface area (Å²) in [5.74, 6) is 0.110. The van der Waals surface area contributed by atoms with Gasteiger partial charge in [-0.3, -0.25) is 9.48 Å². The van der Waals surface area contributed by atoms with E-state index in [-0.39, 0.29) is 12.0 Å². The van der Waals surface area contributed by atoms with Gasteiger partial charge in [-0.05, 0) is 69.0 Å². The topological polar surface area (TPSA) is 60.3 Å². The molecule has 0 aliphatic carbocycles. The predicted octanol–water partition coefficient (Wildman–Crippen LogP) is 5.62. The van der Waals surface area contributed by atoms with Crippen LogP contribution in [0.1, 0.15) is 41.6 Å². The fraction of sp³-hybridized carbons (Fsp3) is 0.367. The van der Waals surface area contributed by atoms with Crippen molar-refractivity contribution in [1.29, 1.82) is 0 Å². The minimum absolute atomic E-state index is 0.0819. The highest BCUT2D eigenvalue weighted by molar-refractivity contribution is 5.85. The van der Waals surface area contributed by atoms with E-state index in [1.54, 1.807) is 0 Å². The molecule has 0 spiro atoms. The van der Waals surface area contributed by atoms with E-state index in [0.717, 1.165) is 52.9 Å². The number of ether oxygens (including phenoxy) is 1. The van der Waals surface area contributed by atoms with Crippen LogP contribution in [0.15, 0.2) is 60.8 Å². The van der Waals surface area contributed by atoms with E-state index in [2.05, 4.69) is 61.4 Å². The Balaban J connectivity index is 1.49. The third-order valence-electron chi connectivity index (χ3n) is 6.94. The fourth-order valence-corrected chi connectivity index (χ4v) is 4.98. The lowest BCUT2D eigenvalue weighted by Gasteiger charge is -2.27. The summed E-state index contributed by atoms with van der Waals surface area (Å²) in [6.45, 7) is 8.59. The van der Waals surface area contributed by atoms with Crippen LogP contribution in [0, 0.1) is 20.8 Å². The number of hydrogen-bond donors (Lipinski definition) is 0. The molecule has 1 atom stereocenters. The zero-order valence-electron chi connectivity index (χ0n) is 21.4. The van der Waals surface area contributed by atoms with Crippen LogP contribution in [0.25, 0.3) is 22.2 Å². The van der Waals surface area contributed by atoms with Gasteiger partial charge in [0.1, 0.15) is 0 Å². The molecule has 0 N–H and O–H groups in total. The zero-order chi connectivity index (χ0) is 25.1. The maximum Gasteiger partial charge on any atom is 0.224 e. The minimum atomic E-state index is 0.0819. The Kier molecular flexibility index (Phi) is 7.14. The molecule has 2 aromatic carbocycles. The van der Waals surface area contributed by atoms with Crippen molar-refractivity contribution >= 4 is 16.8 Å². The molecule has 186 valence electrons. The number of carbonyl (C=O) groups excluding carboxylic acids is 1. The number of nitrogens with zero attached hydrogens (tertiary/aromatic N) is 4. The molecule has 1 amide bonds. The van der Waals surface area contributed by atoms with Crippen molar-refractivity contribution < 1.29 is 9.53 Å². The van der Waals surface area contributed by atoms with Gasteiger partial charge >= 0.3 is 0 Å². The molecule has 0 radical (unpaired) electrons. The molecule has 4 aromatic rings. The predicted molar refractivity (Wildman–Crippen MR) is 143 cm³/mol. The first-order valence-corrected chi connectivity index (χ1v) is 12.8. The number of amides is 1. The lowest BCUT2D eigenvalue weighted by atomic mass is 9.98. The van der Waals surface area contributed by atoms with Crippen LogP contribution >= 0.6 is 0 Å². The summed E-state index contributed by atoms with van der Waals surface area (Å²) >= 11 is 0. The normalized spacial score (nSPS) is 15.5. The van der Waals surface area contributed by atoms with E-state index < -0.39 is 0 Å². The minimum Gasteiger partial charge on any atom is -0.376 e. The SMILES string of the molecule is Cc1ccc2nc(-c3ccccc3C)c(CN(C[C@H]3CCCO3)C(=O)CCn3ccc(C)n3)cc2c1. The highest BCUT2D eigenvalue weighted by atomic mass is 16.5. The molecule has 0 bridgehead atoms. The van der Waals surface area contributed by atoms with Gasteiger partial charge in [-0.2, -0.15) is 5.10 Å². The third-order valence-corrected chi connectivity index (χ3v) is 6.94. The summed E-state index contributed by atoms with van der Waals surface area (Å²) < 4.78 is 7.77. The zero-order valence-corrected chi connectivity index (χ0v) is 21.4. The number of pyridine rings is 1. The second kappa shape index (κ2) is 10.6. The van der Waals surface area contributed by atoms with E-state index in [1.807, 2.05) is 34.8 Å². The molecule has 0 unspecified atom stereocenters. The number of fused-ring (bicyclic) bond motifs is 1. The molecular formula is C30H34N4O2. The second-order valence-electron chi connectivity index (χ2n) is 9.89. The van der Waals surface area contributed by atoms with Gasteiger partial charge in [-0.25, -0.2) is 4.98 Å². The molecule has 6 nitrogen and oxygen atoms in total. The van der Waals surface area contributed by atoms with Crippen molar-refractivity contribution in [2.45, 2.75) is 59.2 Å². The maximum atomic E-state index is 13.6. The fourth-order valence-electron chi connectivity index (χ4n) is 4.98. The standard InChI is InChI=1S/C30H34N4O2/c1-21-10-11-28-24(17-21)18-25(30(31-28)27-9-5-4-7-22(27)2)19-33(20-26-8-6-16-36-26)29(35)13-15-34-14-12-23(3)32-34/h4-5,7,9-12,14,17-18,26H,6,8,13,15-16,19-20H2,1-3H3/t26-/m1/s1. The largest absolute Gasteiger partial charge is 0.376 e. The highest BCUT2D eigenvalue weighted by Crippen LogP contribution is 2.30. The summed E-state index contributed by atoms with van der Waals surface area (Å²) in [5.41, 5.74) is 7.39. The Morgan fingerprint density at radius 2 is 1.97 bits per heavy atom. The number of rotatable bonds is 8. The quantitative estimate of drug-likeness (QED) is 0.327. The average molecular weight is 483 g/mol. The van der Waals surface area contributed by atoms with Crippen LogP contribution < -0.4 is 0 Å². The first kappa shape index (κ1) is 24.2. The molecule has 2 aromatic heterocycles. The van der Waals surface area contributed by atoms with Gasteiger partial charge in [0.2, 0.25) is 5.91 Å². The van der Waals surface area contributed by atoms with Crippen molar-refractivity contribution in [3.8, 4) is 11.3 Å². The summed E-state index contributed by atoms with van der Waals surface area (Å²) in [6, 6.07) is 18.9. The van der Waals surface area contributed by atoms with Gasteiger partial charge in [-0.1, -0.05) is 35.9 Å². The van der Waals surface area contributed by atoms with Crippen LogP contribution in [-0.4, -0.2) is 44.8 Å². The Morgan fingerprint density at radius 1 is 1.11 bits per heavy atom. The van der Waals surface area contributed by atoms with Crippen LogP contribution in [0.3, 0.4) is 0 Å². The number of aromatic nitrogens is 3. The molecule has 0 saturated carbocycles. The van der Waals surface area contributed by atoms with Crippen molar-refractivity contribution in [3.05, 3.63) is 83.2 Å². The van der Waals surface area contributed by atoms with E-state index in [4.69, 9.17) is 9.72 Å². The van der Waals surface area contributed by atoms with E-state index in [0.29, 0.717) is 26.1 Å². The molecule has 1 saturated heterocycles. The number of hydrogen-bond acceptors (Lipinski definition) is 4. The lowest BCUT2D eigenvalue weighted by molar-refractivity contribution is -0.133. The van der Waals surface area contributed by atoms with E-state index >= 15 is 0 Å². The van der Waals surface area contributed by atoms with Crippen molar-refractivity contribution in [1.82, 2.24) is 19.7 Å². The molecular weight excluding hydrogens is 448 g/mol. The number of aryl methyl sites for hydroxylation is 4. The van der Waals surface area contributed by atoms with Crippen LogP contribution in [0.5, 0.6) is 0 Å². The van der Waals surface area contributed by atoms with E-state index in [1.165, 1.54) is 11.1 Å². The summed E-state index contributed by atoms with van der Waals surface area (Å²) in [7, 11) is 0. The van der Waals surface area contributed by atoms with Gasteiger partial charge in [0, 0.05) is 49.8 Å². The van der Waals surface area contributed by atoms with Gasteiger partial charge in [0.05, 0.1) is 23.0 Å². The van der Waals surface area contributed by atoms with Crippen molar-refractivity contribution in [2.75, 3.05) is 13.2 Å². The molecule has 6 heteroatoms. The summed E-state index contributed by atoms with van der Waals surface area (Å²) in [5, 5.41) is 5.54. The Labute approximate surface area is 212 Å². The molecule has 1 aliphatic rings. The average Bonchev–Trinajstić information content (AvgIpc) is 3.53. The van der Waals surface area contributed by atoms with Crippen LogP contribution in [-0.2, 0) is 22.6 Å². The molecule has 1 fully saturated rings. The van der Waals surface area contributed by atoms with E-state index in [9.17, 15) is 4.79 Å². The second-order valence-corrected chi connectivity index (χ2v) is 9.89. The van der Waals surface area contributed by atoms with Gasteiger partial charge in [0.15, 0.2) is 0 Å². The summed E-state index contributed by atoms with van der Waals surface area (Å²) in [6.07, 6.45) is 4.44. The monoisotopic (exact) mass is 482 g/mol. The van der Waals surface area contributed by atoms with Gasteiger partial charge < -0.3 is 9.64 Å². The molecule has 36 heavy (non-hydrogen) atoms. The Hall–Kier alpha value is -3.51. The first-order chi connectivity index (χ1) is 17.5. The molecule has 3 heterocycles. The third kappa shape index (κ3) is 5.49. The number of benzene rings is 2. The lowest BCUT2D eigenvalue weighted by Crippen LogP contribution is -2.37. The van der Waals surface area contributed by atoms with Crippen molar-refractivity contribution in [3.63, 3.8) is 0 Å². The van der Waals surface area contributed by atoms with Crippen molar-refractivity contribution in [2.24, 2.45) is 0 Å². The van der Waals surface area contributed by atoms with Crippen LogP contribution in [0.4, 0.5) is 0 Å². The summed E-state index contributed by atoms with van der Waals surface area (Å²) in [4.78, 5) is 20.6. The molecule has 1 aliphatic heterocycles. The van der Waals surface area contributed by atoms with Gasteiger partial charge in [0.25, 0.3) is 0 Å². The number of carbonyl (C=O) groups is 1.